The first-order chi connectivity index (χ1) is 9.95. The molecule has 8 heteroatoms. The molecular formula is C13H8BrClF2N2OS. The van der Waals surface area contributed by atoms with Crippen molar-refractivity contribution >= 4 is 50.9 Å². The summed E-state index contributed by atoms with van der Waals surface area (Å²) in [5.74, 6) is -1.76. The van der Waals surface area contributed by atoms with Crippen LogP contribution in [0.1, 0.15) is 0 Å². The SMILES string of the molecule is O=C(CSc1ccc(F)cc1F)Nc1ccc(Br)nc1Cl. The van der Waals surface area contributed by atoms with E-state index < -0.39 is 11.6 Å². The van der Waals surface area contributed by atoms with Crippen molar-refractivity contribution in [2.45, 2.75) is 4.90 Å². The van der Waals surface area contributed by atoms with E-state index in [2.05, 4.69) is 26.2 Å². The summed E-state index contributed by atoms with van der Waals surface area (Å²) in [4.78, 5) is 15.9. The maximum Gasteiger partial charge on any atom is 0.234 e. The molecule has 0 saturated carbocycles. The zero-order chi connectivity index (χ0) is 15.4. The number of benzene rings is 1. The Morgan fingerprint density at radius 3 is 2.76 bits per heavy atom. The maximum atomic E-state index is 13.4. The summed E-state index contributed by atoms with van der Waals surface area (Å²) in [6, 6.07) is 6.43. The Labute approximate surface area is 137 Å². The number of hydrogen-bond acceptors (Lipinski definition) is 3. The molecule has 1 aromatic heterocycles. The highest BCUT2D eigenvalue weighted by Gasteiger charge is 2.10. The molecule has 0 spiro atoms. The van der Waals surface area contributed by atoms with E-state index in [-0.39, 0.29) is 21.7 Å². The number of rotatable bonds is 4. The highest BCUT2D eigenvalue weighted by Crippen LogP contribution is 2.24. The van der Waals surface area contributed by atoms with Crippen molar-refractivity contribution in [3.8, 4) is 0 Å². The van der Waals surface area contributed by atoms with Crippen LogP contribution >= 0.6 is 39.3 Å². The van der Waals surface area contributed by atoms with E-state index in [9.17, 15) is 13.6 Å². The van der Waals surface area contributed by atoms with Gasteiger partial charge in [-0.3, -0.25) is 4.79 Å². The van der Waals surface area contributed by atoms with E-state index in [0.29, 0.717) is 10.3 Å². The Hall–Kier alpha value is -1.18. The fraction of sp³-hybridized carbons (Fsp3) is 0.0769. The molecule has 0 aliphatic rings. The van der Waals surface area contributed by atoms with Gasteiger partial charge in [-0.1, -0.05) is 11.6 Å². The monoisotopic (exact) mass is 392 g/mol. The minimum atomic E-state index is -0.698. The van der Waals surface area contributed by atoms with Gasteiger partial charge in [0.25, 0.3) is 0 Å². The summed E-state index contributed by atoms with van der Waals surface area (Å²) in [6.45, 7) is 0. The zero-order valence-corrected chi connectivity index (χ0v) is 13.5. The molecule has 110 valence electrons. The Morgan fingerprint density at radius 1 is 1.33 bits per heavy atom. The summed E-state index contributed by atoms with van der Waals surface area (Å²) in [7, 11) is 0. The quantitative estimate of drug-likeness (QED) is 0.614. The standard InChI is InChI=1S/C13H8BrClF2N2OS/c14-11-4-2-9(13(15)19-11)18-12(20)6-21-10-3-1-7(16)5-8(10)17/h1-5H,6H2,(H,18,20). The molecule has 0 atom stereocenters. The molecule has 3 nitrogen and oxygen atoms in total. The number of anilines is 1. The minimum Gasteiger partial charge on any atom is -0.323 e. The summed E-state index contributed by atoms with van der Waals surface area (Å²) in [5, 5.41) is 2.72. The second kappa shape index (κ2) is 7.20. The van der Waals surface area contributed by atoms with E-state index in [0.717, 1.165) is 23.9 Å². The second-order valence-electron chi connectivity index (χ2n) is 3.88. The van der Waals surface area contributed by atoms with E-state index in [1.54, 1.807) is 12.1 Å². The van der Waals surface area contributed by atoms with Crippen LogP contribution in [0.5, 0.6) is 0 Å². The van der Waals surface area contributed by atoms with E-state index in [1.807, 2.05) is 0 Å². The Kier molecular flexibility index (Phi) is 5.55. The van der Waals surface area contributed by atoms with Crippen LogP contribution in [-0.2, 0) is 4.79 Å². The molecule has 2 aromatic rings. The third-order valence-corrected chi connectivity index (χ3v) is 4.12. The average molecular weight is 394 g/mol. The molecule has 0 fully saturated rings. The first kappa shape index (κ1) is 16.2. The van der Waals surface area contributed by atoms with Crippen molar-refractivity contribution in [1.29, 1.82) is 0 Å². The molecule has 0 aliphatic heterocycles. The van der Waals surface area contributed by atoms with Gasteiger partial charge in [-0.05, 0) is 40.2 Å². The van der Waals surface area contributed by atoms with Gasteiger partial charge in [0.1, 0.15) is 16.2 Å². The Balaban J connectivity index is 1.96. The highest BCUT2D eigenvalue weighted by atomic mass is 79.9. The van der Waals surface area contributed by atoms with Gasteiger partial charge in [0.2, 0.25) is 5.91 Å². The summed E-state index contributed by atoms with van der Waals surface area (Å²) in [5.41, 5.74) is 0.366. The zero-order valence-electron chi connectivity index (χ0n) is 10.4. The average Bonchev–Trinajstić information content (AvgIpc) is 2.41. The molecule has 1 N–H and O–H groups in total. The van der Waals surface area contributed by atoms with Crippen LogP contribution in [0, 0.1) is 11.6 Å². The van der Waals surface area contributed by atoms with Crippen molar-refractivity contribution in [1.82, 2.24) is 4.98 Å². The van der Waals surface area contributed by atoms with E-state index in [4.69, 9.17) is 11.6 Å². The molecule has 0 radical (unpaired) electrons. The van der Waals surface area contributed by atoms with Crippen LogP contribution in [0.25, 0.3) is 0 Å². The van der Waals surface area contributed by atoms with Crippen LogP contribution in [0.4, 0.5) is 14.5 Å². The summed E-state index contributed by atoms with van der Waals surface area (Å²) >= 11 is 9.99. The molecule has 2 rings (SSSR count). The fourth-order valence-corrected chi connectivity index (χ4v) is 2.76. The normalized spacial score (nSPS) is 10.5. The molecular weight excluding hydrogens is 386 g/mol. The van der Waals surface area contributed by atoms with Gasteiger partial charge < -0.3 is 5.32 Å². The number of halogens is 4. The predicted octanol–water partition coefficient (Wildman–Crippen LogP) is 4.51. The van der Waals surface area contributed by atoms with E-state index in [1.165, 1.54) is 6.07 Å². The van der Waals surface area contributed by atoms with Crippen molar-refractivity contribution in [3.05, 3.63) is 51.7 Å². The number of aromatic nitrogens is 1. The van der Waals surface area contributed by atoms with Crippen LogP contribution in [0.2, 0.25) is 5.15 Å². The fourth-order valence-electron chi connectivity index (χ4n) is 1.43. The molecule has 21 heavy (non-hydrogen) atoms. The lowest BCUT2D eigenvalue weighted by Crippen LogP contribution is -2.14. The minimum absolute atomic E-state index is 0.0328. The number of thioether (sulfide) groups is 1. The van der Waals surface area contributed by atoms with Crippen LogP contribution in [0.15, 0.2) is 39.8 Å². The van der Waals surface area contributed by atoms with Crippen molar-refractivity contribution in [3.63, 3.8) is 0 Å². The second-order valence-corrected chi connectivity index (χ2v) is 6.07. The van der Waals surface area contributed by atoms with Gasteiger partial charge >= 0.3 is 0 Å². The van der Waals surface area contributed by atoms with Crippen LogP contribution < -0.4 is 5.32 Å². The molecule has 0 aliphatic carbocycles. The molecule has 1 heterocycles. The topological polar surface area (TPSA) is 42.0 Å². The third-order valence-electron chi connectivity index (χ3n) is 2.34. The van der Waals surface area contributed by atoms with Gasteiger partial charge in [0, 0.05) is 11.0 Å². The van der Waals surface area contributed by atoms with E-state index >= 15 is 0 Å². The number of carbonyl (C=O) groups excluding carboxylic acids is 1. The van der Waals surface area contributed by atoms with Crippen molar-refractivity contribution < 1.29 is 13.6 Å². The predicted molar refractivity (Wildman–Crippen MR) is 82.7 cm³/mol. The molecule has 0 saturated heterocycles. The first-order valence-corrected chi connectivity index (χ1v) is 7.81. The Morgan fingerprint density at radius 2 is 2.10 bits per heavy atom. The third kappa shape index (κ3) is 4.66. The molecule has 0 bridgehead atoms. The van der Waals surface area contributed by atoms with Gasteiger partial charge in [-0.25, -0.2) is 13.8 Å². The smallest absolute Gasteiger partial charge is 0.234 e. The van der Waals surface area contributed by atoms with Crippen LogP contribution in [0.3, 0.4) is 0 Å². The van der Waals surface area contributed by atoms with Gasteiger partial charge in [-0.2, -0.15) is 0 Å². The van der Waals surface area contributed by atoms with Gasteiger partial charge in [0.15, 0.2) is 5.15 Å². The number of nitrogens with zero attached hydrogens (tertiary/aromatic N) is 1. The number of pyridine rings is 1. The number of carbonyl (C=O) groups is 1. The largest absolute Gasteiger partial charge is 0.323 e. The lowest BCUT2D eigenvalue weighted by atomic mass is 10.3. The molecule has 0 unspecified atom stereocenters. The summed E-state index contributed by atoms with van der Waals surface area (Å²) < 4.78 is 26.7. The summed E-state index contributed by atoms with van der Waals surface area (Å²) in [6.07, 6.45) is 0. The Bertz CT molecular complexity index is 687. The van der Waals surface area contributed by atoms with Gasteiger partial charge in [0.05, 0.1) is 11.4 Å². The number of hydrogen-bond donors (Lipinski definition) is 1. The molecule has 1 amide bonds. The molecule has 1 aromatic carbocycles. The lowest BCUT2D eigenvalue weighted by molar-refractivity contribution is -0.113. The number of amides is 1. The lowest BCUT2D eigenvalue weighted by Gasteiger charge is -2.07. The van der Waals surface area contributed by atoms with Crippen LogP contribution in [-0.4, -0.2) is 16.6 Å². The van der Waals surface area contributed by atoms with Crippen molar-refractivity contribution in [2.24, 2.45) is 0 Å². The first-order valence-electron chi connectivity index (χ1n) is 5.65. The number of nitrogens with one attached hydrogen (secondary N) is 1. The highest BCUT2D eigenvalue weighted by molar-refractivity contribution is 9.10. The maximum absolute atomic E-state index is 13.4. The van der Waals surface area contributed by atoms with Crippen molar-refractivity contribution in [2.75, 3.05) is 11.1 Å². The van der Waals surface area contributed by atoms with Gasteiger partial charge in [-0.15, -0.1) is 11.8 Å².